The summed E-state index contributed by atoms with van der Waals surface area (Å²) >= 11 is 1.62. The maximum atomic E-state index is 12.3. The van der Waals surface area contributed by atoms with Gasteiger partial charge in [0.05, 0.1) is 10.7 Å². The Balaban J connectivity index is 1.56. The first-order valence-corrected chi connectivity index (χ1v) is 8.12. The zero-order valence-corrected chi connectivity index (χ0v) is 13.4. The van der Waals surface area contributed by atoms with E-state index in [4.69, 9.17) is 9.47 Å². The molecule has 1 aliphatic heterocycles. The summed E-state index contributed by atoms with van der Waals surface area (Å²) in [5.41, 5.74) is 1.00. The quantitative estimate of drug-likeness (QED) is 0.940. The number of nitrogens with zero attached hydrogens (tertiary/aromatic N) is 1. The van der Waals surface area contributed by atoms with Crippen LogP contribution in [0.1, 0.15) is 17.6 Å². The van der Waals surface area contributed by atoms with Crippen LogP contribution in [-0.2, 0) is 11.2 Å². The molecule has 2 atom stereocenters. The van der Waals surface area contributed by atoms with Crippen LogP contribution in [0.4, 0.5) is 0 Å². The van der Waals surface area contributed by atoms with Gasteiger partial charge in [0.2, 0.25) is 6.10 Å². The van der Waals surface area contributed by atoms with Gasteiger partial charge in [-0.1, -0.05) is 12.1 Å². The topological polar surface area (TPSA) is 60.5 Å². The van der Waals surface area contributed by atoms with E-state index in [-0.39, 0.29) is 12.0 Å². The lowest BCUT2D eigenvalue weighted by atomic mass is 10.1. The van der Waals surface area contributed by atoms with Crippen molar-refractivity contribution in [3.8, 4) is 11.5 Å². The third-order valence-electron chi connectivity index (χ3n) is 3.45. The number of rotatable bonds is 4. The van der Waals surface area contributed by atoms with Gasteiger partial charge in [-0.15, -0.1) is 11.3 Å². The van der Waals surface area contributed by atoms with Crippen LogP contribution in [0, 0.1) is 6.92 Å². The summed E-state index contributed by atoms with van der Waals surface area (Å²) in [6, 6.07) is 7.38. The minimum Gasteiger partial charge on any atom is -0.482 e. The zero-order valence-electron chi connectivity index (χ0n) is 12.5. The fourth-order valence-electron chi connectivity index (χ4n) is 2.34. The average molecular weight is 318 g/mol. The Labute approximate surface area is 133 Å². The second-order valence-corrected chi connectivity index (χ2v) is 6.27. The van der Waals surface area contributed by atoms with Crippen molar-refractivity contribution in [2.45, 2.75) is 32.5 Å². The van der Waals surface area contributed by atoms with Gasteiger partial charge in [0.15, 0.2) is 11.5 Å². The number of para-hydroxylation sites is 2. The molecular formula is C16H18N2O3S. The number of hydrogen-bond acceptors (Lipinski definition) is 5. The standard InChI is InChI=1S/C16H18N2O3S/c1-10-15(21-14-6-4-3-5-13(14)20-10)16(19)17-8-7-12-9-22-11(2)18-12/h3-6,9-10,15H,7-8H2,1-2H3,(H,17,19)/t10-,15-/m0/s1. The molecule has 22 heavy (non-hydrogen) atoms. The molecule has 1 aromatic heterocycles. The number of fused-ring (bicyclic) bond motifs is 1. The van der Waals surface area contributed by atoms with Gasteiger partial charge in [-0.25, -0.2) is 4.98 Å². The number of amides is 1. The molecule has 0 unspecified atom stereocenters. The zero-order chi connectivity index (χ0) is 15.5. The van der Waals surface area contributed by atoms with E-state index >= 15 is 0 Å². The van der Waals surface area contributed by atoms with Crippen LogP contribution >= 0.6 is 11.3 Å². The number of thiazole rings is 1. The van der Waals surface area contributed by atoms with E-state index in [1.165, 1.54) is 0 Å². The summed E-state index contributed by atoms with van der Waals surface area (Å²) in [5, 5.41) is 5.94. The lowest BCUT2D eigenvalue weighted by Gasteiger charge is -2.30. The molecule has 1 N–H and O–H groups in total. The highest BCUT2D eigenvalue weighted by molar-refractivity contribution is 7.09. The molecule has 0 aliphatic carbocycles. The van der Waals surface area contributed by atoms with Crippen molar-refractivity contribution in [3.63, 3.8) is 0 Å². The number of nitrogens with one attached hydrogen (secondary N) is 1. The Morgan fingerprint density at radius 1 is 1.32 bits per heavy atom. The Hall–Kier alpha value is -2.08. The molecule has 116 valence electrons. The fraction of sp³-hybridized carbons (Fsp3) is 0.375. The van der Waals surface area contributed by atoms with E-state index < -0.39 is 6.10 Å². The molecule has 1 amide bonds. The predicted octanol–water partition coefficient (Wildman–Crippen LogP) is 2.34. The van der Waals surface area contributed by atoms with Gasteiger partial charge < -0.3 is 14.8 Å². The molecule has 6 heteroatoms. The molecule has 0 saturated heterocycles. The smallest absolute Gasteiger partial charge is 0.265 e. The number of carbonyl (C=O) groups excluding carboxylic acids is 1. The summed E-state index contributed by atoms with van der Waals surface area (Å²) in [4.78, 5) is 16.7. The molecule has 2 aromatic rings. The van der Waals surface area contributed by atoms with Gasteiger partial charge in [0.25, 0.3) is 5.91 Å². The molecule has 1 aromatic carbocycles. The minimum absolute atomic E-state index is 0.158. The normalized spacial score (nSPS) is 19.7. The van der Waals surface area contributed by atoms with Gasteiger partial charge in [0, 0.05) is 18.3 Å². The fourth-order valence-corrected chi connectivity index (χ4v) is 2.99. The van der Waals surface area contributed by atoms with Crippen molar-refractivity contribution in [1.82, 2.24) is 10.3 Å². The number of ether oxygens (including phenoxy) is 2. The first-order valence-electron chi connectivity index (χ1n) is 7.24. The van der Waals surface area contributed by atoms with Crippen LogP contribution < -0.4 is 14.8 Å². The summed E-state index contributed by atoms with van der Waals surface area (Å²) < 4.78 is 11.5. The molecule has 0 saturated carbocycles. The van der Waals surface area contributed by atoms with Crippen molar-refractivity contribution in [2.75, 3.05) is 6.54 Å². The van der Waals surface area contributed by atoms with Crippen LogP contribution in [-0.4, -0.2) is 29.6 Å². The molecule has 1 aliphatic rings. The van der Waals surface area contributed by atoms with E-state index in [1.54, 1.807) is 17.4 Å². The number of benzene rings is 1. The van der Waals surface area contributed by atoms with Gasteiger partial charge >= 0.3 is 0 Å². The highest BCUT2D eigenvalue weighted by Crippen LogP contribution is 2.33. The van der Waals surface area contributed by atoms with Crippen molar-refractivity contribution >= 4 is 17.2 Å². The van der Waals surface area contributed by atoms with E-state index in [1.807, 2.05) is 37.4 Å². The van der Waals surface area contributed by atoms with Crippen molar-refractivity contribution in [3.05, 3.63) is 40.3 Å². The van der Waals surface area contributed by atoms with Crippen molar-refractivity contribution < 1.29 is 14.3 Å². The number of aromatic nitrogens is 1. The van der Waals surface area contributed by atoms with E-state index in [9.17, 15) is 4.79 Å². The second kappa shape index (κ2) is 6.36. The lowest BCUT2D eigenvalue weighted by Crippen LogP contribution is -2.49. The Morgan fingerprint density at radius 2 is 2.05 bits per heavy atom. The third kappa shape index (κ3) is 3.22. The van der Waals surface area contributed by atoms with Crippen LogP contribution in [0.15, 0.2) is 29.6 Å². The summed E-state index contributed by atoms with van der Waals surface area (Å²) in [7, 11) is 0. The van der Waals surface area contributed by atoms with E-state index in [0.717, 1.165) is 10.7 Å². The summed E-state index contributed by atoms with van der Waals surface area (Å²) in [6.07, 6.45) is -0.238. The molecule has 0 radical (unpaired) electrons. The monoisotopic (exact) mass is 318 g/mol. The number of hydrogen-bond donors (Lipinski definition) is 1. The van der Waals surface area contributed by atoms with Crippen molar-refractivity contribution in [1.29, 1.82) is 0 Å². The van der Waals surface area contributed by atoms with Crippen LogP contribution in [0.5, 0.6) is 11.5 Å². The Kier molecular flexibility index (Phi) is 4.29. The first kappa shape index (κ1) is 14.8. The number of aryl methyl sites for hydroxylation is 1. The largest absolute Gasteiger partial charge is 0.482 e. The van der Waals surface area contributed by atoms with Gasteiger partial charge in [-0.05, 0) is 26.0 Å². The van der Waals surface area contributed by atoms with Gasteiger partial charge in [-0.2, -0.15) is 0 Å². The lowest BCUT2D eigenvalue weighted by molar-refractivity contribution is -0.133. The molecule has 3 rings (SSSR count). The molecule has 5 nitrogen and oxygen atoms in total. The van der Waals surface area contributed by atoms with Crippen LogP contribution in [0.25, 0.3) is 0 Å². The first-order chi connectivity index (χ1) is 10.6. The number of carbonyl (C=O) groups is 1. The Bertz CT molecular complexity index is 671. The van der Waals surface area contributed by atoms with Crippen molar-refractivity contribution in [2.24, 2.45) is 0 Å². The van der Waals surface area contributed by atoms with E-state index in [2.05, 4.69) is 10.3 Å². The van der Waals surface area contributed by atoms with Gasteiger partial charge in [-0.3, -0.25) is 4.79 Å². The third-order valence-corrected chi connectivity index (χ3v) is 4.27. The highest BCUT2D eigenvalue weighted by Gasteiger charge is 2.33. The van der Waals surface area contributed by atoms with Crippen LogP contribution in [0.3, 0.4) is 0 Å². The molecular weight excluding hydrogens is 300 g/mol. The molecule has 0 bridgehead atoms. The maximum absolute atomic E-state index is 12.3. The second-order valence-electron chi connectivity index (χ2n) is 5.21. The highest BCUT2D eigenvalue weighted by atomic mass is 32.1. The minimum atomic E-state index is -0.632. The Morgan fingerprint density at radius 3 is 2.73 bits per heavy atom. The van der Waals surface area contributed by atoms with Crippen LogP contribution in [0.2, 0.25) is 0 Å². The SMILES string of the molecule is Cc1nc(CCNC(=O)[C@H]2Oc3ccccc3O[C@H]2C)cs1. The maximum Gasteiger partial charge on any atom is 0.265 e. The molecule has 0 fully saturated rings. The molecule has 0 spiro atoms. The summed E-state index contributed by atoms with van der Waals surface area (Å²) in [5.74, 6) is 1.13. The van der Waals surface area contributed by atoms with Gasteiger partial charge in [0.1, 0.15) is 6.10 Å². The predicted molar refractivity (Wildman–Crippen MR) is 84.5 cm³/mol. The van der Waals surface area contributed by atoms with E-state index in [0.29, 0.717) is 24.5 Å². The average Bonchev–Trinajstić information content (AvgIpc) is 2.92. The molecule has 2 heterocycles. The summed E-state index contributed by atoms with van der Waals surface area (Å²) in [6.45, 7) is 4.35.